The van der Waals surface area contributed by atoms with Crippen LogP contribution in [0.15, 0.2) is 47.5 Å². The Morgan fingerprint density at radius 3 is 2.58 bits per heavy atom. The summed E-state index contributed by atoms with van der Waals surface area (Å²) in [4.78, 5) is 11.9. The maximum Gasteiger partial charge on any atom is 0.338 e. The molecule has 24 heavy (non-hydrogen) atoms. The Morgan fingerprint density at radius 2 is 1.92 bits per heavy atom. The molecule has 1 aromatic carbocycles. The second-order valence-electron chi connectivity index (χ2n) is 5.66. The van der Waals surface area contributed by atoms with Crippen molar-refractivity contribution in [1.82, 2.24) is 8.87 Å². The van der Waals surface area contributed by atoms with Crippen LogP contribution in [-0.4, -0.2) is 36.4 Å². The fourth-order valence-corrected chi connectivity index (χ4v) is 4.60. The zero-order valence-electron chi connectivity index (χ0n) is 13.7. The summed E-state index contributed by atoms with van der Waals surface area (Å²) in [5.41, 5.74) is 1.32. The molecule has 3 rings (SSSR count). The molecule has 1 aliphatic heterocycles. The van der Waals surface area contributed by atoms with Crippen molar-refractivity contribution in [3.8, 4) is 0 Å². The molecule has 1 aromatic heterocycles. The normalized spacial score (nSPS) is 18.2. The minimum absolute atomic E-state index is 0.183. The Kier molecular flexibility index (Phi) is 4.47. The lowest BCUT2D eigenvalue weighted by atomic mass is 10.2. The van der Waals surface area contributed by atoms with E-state index < -0.39 is 16.0 Å². The maximum atomic E-state index is 12.9. The van der Waals surface area contributed by atoms with Crippen molar-refractivity contribution in [2.45, 2.75) is 31.3 Å². The summed E-state index contributed by atoms with van der Waals surface area (Å²) in [6, 6.07) is 9.53. The van der Waals surface area contributed by atoms with Crippen molar-refractivity contribution in [2.24, 2.45) is 0 Å². The number of hydrogen-bond acceptors (Lipinski definition) is 4. The first kappa shape index (κ1) is 16.7. The van der Waals surface area contributed by atoms with E-state index in [2.05, 4.69) is 4.57 Å². The van der Waals surface area contributed by atoms with E-state index in [1.54, 1.807) is 6.92 Å². The van der Waals surface area contributed by atoms with E-state index in [1.165, 1.54) is 28.6 Å². The van der Waals surface area contributed by atoms with E-state index in [0.29, 0.717) is 18.7 Å². The molecule has 0 amide bonds. The van der Waals surface area contributed by atoms with Gasteiger partial charge in [-0.3, -0.25) is 0 Å². The van der Waals surface area contributed by atoms with Crippen molar-refractivity contribution in [3.63, 3.8) is 0 Å². The standard InChI is InChI=1S/C17H20N2O4S/c1-3-23-17(20)14-6-8-15(9-7-14)24(21,22)19-12-11-18-10-4-5-16(18)13(19)2/h4-10,13H,3,11-12H2,1-2H3/t13-/m1/s1. The average molecular weight is 348 g/mol. The monoisotopic (exact) mass is 348 g/mol. The lowest BCUT2D eigenvalue weighted by Crippen LogP contribution is -2.40. The molecule has 0 aliphatic carbocycles. The first-order valence-corrected chi connectivity index (χ1v) is 9.33. The van der Waals surface area contributed by atoms with Crippen molar-refractivity contribution in [3.05, 3.63) is 53.9 Å². The Bertz CT molecular complexity index is 840. The summed E-state index contributed by atoms with van der Waals surface area (Å²) in [7, 11) is -3.62. The van der Waals surface area contributed by atoms with Crippen LogP contribution in [-0.2, 0) is 21.3 Å². The molecule has 1 atom stereocenters. The minimum atomic E-state index is -3.62. The Labute approximate surface area is 141 Å². The van der Waals surface area contributed by atoms with Gasteiger partial charge in [0.25, 0.3) is 0 Å². The van der Waals surface area contributed by atoms with Gasteiger partial charge in [0.1, 0.15) is 0 Å². The van der Waals surface area contributed by atoms with Gasteiger partial charge in [0.15, 0.2) is 0 Å². The summed E-state index contributed by atoms with van der Waals surface area (Å²) in [5.74, 6) is -0.453. The van der Waals surface area contributed by atoms with E-state index in [0.717, 1.165) is 5.69 Å². The number of nitrogens with zero attached hydrogens (tertiary/aromatic N) is 2. The van der Waals surface area contributed by atoms with Crippen molar-refractivity contribution >= 4 is 16.0 Å². The second-order valence-corrected chi connectivity index (χ2v) is 7.55. The van der Waals surface area contributed by atoms with Crippen LogP contribution in [0.2, 0.25) is 0 Å². The van der Waals surface area contributed by atoms with Gasteiger partial charge in [-0.2, -0.15) is 4.31 Å². The van der Waals surface area contributed by atoms with Crippen LogP contribution in [0.3, 0.4) is 0 Å². The van der Waals surface area contributed by atoms with Gasteiger partial charge in [-0.25, -0.2) is 13.2 Å². The largest absolute Gasteiger partial charge is 0.462 e. The lowest BCUT2D eigenvalue weighted by Gasteiger charge is -2.33. The van der Waals surface area contributed by atoms with Gasteiger partial charge in [0.2, 0.25) is 10.0 Å². The summed E-state index contributed by atoms with van der Waals surface area (Å²) in [5, 5.41) is 0. The molecule has 0 spiro atoms. The fraction of sp³-hybridized carbons (Fsp3) is 0.353. The first-order valence-electron chi connectivity index (χ1n) is 7.89. The van der Waals surface area contributed by atoms with Crippen molar-refractivity contribution in [1.29, 1.82) is 0 Å². The molecule has 0 radical (unpaired) electrons. The Hall–Kier alpha value is -2.12. The Morgan fingerprint density at radius 1 is 1.21 bits per heavy atom. The molecule has 0 saturated heterocycles. The van der Waals surface area contributed by atoms with Crippen molar-refractivity contribution in [2.75, 3.05) is 13.2 Å². The van der Waals surface area contributed by atoms with Gasteiger partial charge in [-0.05, 0) is 50.2 Å². The van der Waals surface area contributed by atoms with Gasteiger partial charge in [-0.15, -0.1) is 0 Å². The zero-order chi connectivity index (χ0) is 17.3. The summed E-state index contributed by atoms with van der Waals surface area (Å²) < 4.78 is 34.4. The van der Waals surface area contributed by atoms with Crippen LogP contribution in [0.1, 0.15) is 35.9 Å². The van der Waals surface area contributed by atoms with E-state index in [1.807, 2.05) is 25.3 Å². The number of rotatable bonds is 4. The highest BCUT2D eigenvalue weighted by Gasteiger charge is 2.33. The van der Waals surface area contributed by atoms with Crippen LogP contribution in [0.25, 0.3) is 0 Å². The van der Waals surface area contributed by atoms with Crippen LogP contribution >= 0.6 is 0 Å². The summed E-state index contributed by atoms with van der Waals surface area (Å²) in [6.07, 6.45) is 1.96. The first-order chi connectivity index (χ1) is 11.4. The molecule has 2 heterocycles. The predicted octanol–water partition coefficient (Wildman–Crippen LogP) is 2.43. The molecular formula is C17H20N2O4S. The van der Waals surface area contributed by atoms with Gasteiger partial charge >= 0.3 is 5.97 Å². The van der Waals surface area contributed by atoms with E-state index in [-0.39, 0.29) is 17.5 Å². The lowest BCUT2D eigenvalue weighted by molar-refractivity contribution is 0.0526. The quantitative estimate of drug-likeness (QED) is 0.796. The molecule has 0 fully saturated rings. The number of esters is 1. The molecular weight excluding hydrogens is 328 g/mol. The molecule has 0 N–H and O–H groups in total. The Balaban J connectivity index is 1.87. The fourth-order valence-electron chi connectivity index (χ4n) is 3.00. The summed E-state index contributed by atoms with van der Waals surface area (Å²) >= 11 is 0. The number of carbonyl (C=O) groups excluding carboxylic acids is 1. The van der Waals surface area contributed by atoms with Gasteiger partial charge in [0, 0.05) is 25.0 Å². The number of hydrogen-bond donors (Lipinski definition) is 0. The van der Waals surface area contributed by atoms with Gasteiger partial charge in [0.05, 0.1) is 23.1 Å². The van der Waals surface area contributed by atoms with Gasteiger partial charge in [-0.1, -0.05) is 0 Å². The van der Waals surface area contributed by atoms with Crippen LogP contribution < -0.4 is 0 Å². The minimum Gasteiger partial charge on any atom is -0.462 e. The molecule has 7 heteroatoms. The second kappa shape index (κ2) is 6.41. The molecule has 128 valence electrons. The third-order valence-electron chi connectivity index (χ3n) is 4.26. The highest BCUT2D eigenvalue weighted by molar-refractivity contribution is 7.89. The van der Waals surface area contributed by atoms with Gasteiger partial charge < -0.3 is 9.30 Å². The molecule has 0 saturated carbocycles. The molecule has 0 unspecified atom stereocenters. The van der Waals surface area contributed by atoms with Crippen LogP contribution in [0.4, 0.5) is 0 Å². The average Bonchev–Trinajstić information content (AvgIpc) is 3.05. The number of carbonyl (C=O) groups is 1. The third kappa shape index (κ3) is 2.85. The van der Waals surface area contributed by atoms with Crippen LogP contribution in [0, 0.1) is 0 Å². The molecule has 0 bridgehead atoms. The van der Waals surface area contributed by atoms with E-state index >= 15 is 0 Å². The highest BCUT2D eigenvalue weighted by Crippen LogP contribution is 2.31. The molecule has 1 aliphatic rings. The number of benzene rings is 1. The number of fused-ring (bicyclic) bond motifs is 1. The van der Waals surface area contributed by atoms with E-state index in [9.17, 15) is 13.2 Å². The number of sulfonamides is 1. The smallest absolute Gasteiger partial charge is 0.338 e. The zero-order valence-corrected chi connectivity index (χ0v) is 14.5. The third-order valence-corrected chi connectivity index (χ3v) is 6.24. The highest BCUT2D eigenvalue weighted by atomic mass is 32.2. The maximum absolute atomic E-state index is 12.9. The molecule has 6 nitrogen and oxygen atoms in total. The van der Waals surface area contributed by atoms with E-state index in [4.69, 9.17) is 4.74 Å². The van der Waals surface area contributed by atoms with Crippen LogP contribution in [0.5, 0.6) is 0 Å². The number of ether oxygens (including phenoxy) is 1. The summed E-state index contributed by atoms with van der Waals surface area (Å²) in [6.45, 7) is 4.95. The number of aromatic nitrogens is 1. The predicted molar refractivity (Wildman–Crippen MR) is 89.1 cm³/mol. The molecule has 2 aromatic rings. The SMILES string of the molecule is CCOC(=O)c1ccc(S(=O)(=O)N2CCn3cccc3[C@H]2C)cc1. The topological polar surface area (TPSA) is 68.6 Å². The van der Waals surface area contributed by atoms with Crippen molar-refractivity contribution < 1.29 is 17.9 Å².